The summed E-state index contributed by atoms with van der Waals surface area (Å²) in [5.41, 5.74) is 0.547. The van der Waals surface area contributed by atoms with Crippen molar-refractivity contribution < 1.29 is 9.13 Å². The molecule has 1 saturated heterocycles. The van der Waals surface area contributed by atoms with Crippen LogP contribution < -0.4 is 10.1 Å². The van der Waals surface area contributed by atoms with Gasteiger partial charge in [0.05, 0.1) is 7.11 Å². The fourth-order valence-electron chi connectivity index (χ4n) is 2.26. The molecule has 0 radical (unpaired) electrons. The second-order valence-electron chi connectivity index (χ2n) is 4.42. The van der Waals surface area contributed by atoms with Crippen LogP contribution in [0.4, 0.5) is 4.39 Å². The average molecular weight is 223 g/mol. The molecule has 1 aromatic carbocycles. The Balaban J connectivity index is 2.40. The zero-order chi connectivity index (χ0) is 11.6. The number of alkyl halides is 1. The summed E-state index contributed by atoms with van der Waals surface area (Å²) in [6, 6.07) is 5.71. The molecule has 2 rings (SSSR count). The highest BCUT2D eigenvalue weighted by atomic mass is 19.1. The van der Waals surface area contributed by atoms with Crippen LogP contribution >= 0.6 is 0 Å². The second-order valence-corrected chi connectivity index (χ2v) is 4.42. The minimum absolute atomic E-state index is 0.521. The van der Waals surface area contributed by atoms with Crippen molar-refractivity contribution in [3.63, 3.8) is 0 Å². The van der Waals surface area contributed by atoms with Crippen molar-refractivity contribution in [2.24, 2.45) is 0 Å². The number of hydrogen-bond acceptors (Lipinski definition) is 2. The summed E-state index contributed by atoms with van der Waals surface area (Å²) in [5, 5.41) is 3.18. The van der Waals surface area contributed by atoms with Gasteiger partial charge in [-0.3, -0.25) is 0 Å². The average Bonchev–Trinajstić information content (AvgIpc) is 2.30. The highest BCUT2D eigenvalue weighted by Crippen LogP contribution is 2.40. The molecule has 3 heteroatoms. The van der Waals surface area contributed by atoms with Crippen molar-refractivity contribution in [2.45, 2.75) is 25.4 Å². The van der Waals surface area contributed by atoms with E-state index in [2.05, 4.69) is 5.32 Å². The van der Waals surface area contributed by atoms with Gasteiger partial charge in [-0.15, -0.1) is 0 Å². The molecule has 1 aliphatic heterocycles. The molecule has 1 aliphatic rings. The number of piperidine rings is 1. The molecule has 0 aliphatic carbocycles. The molecule has 0 bridgehead atoms. The Morgan fingerprint density at radius 1 is 1.31 bits per heavy atom. The Hall–Kier alpha value is -1.09. The highest BCUT2D eigenvalue weighted by molar-refractivity contribution is 5.41. The molecule has 0 saturated carbocycles. The third-order valence-electron chi connectivity index (χ3n) is 3.23. The van der Waals surface area contributed by atoms with Crippen LogP contribution in [-0.2, 0) is 5.67 Å². The maximum absolute atomic E-state index is 14.8. The number of methoxy groups -OCH3 is 1. The molecule has 0 spiro atoms. The van der Waals surface area contributed by atoms with Crippen molar-refractivity contribution in [2.75, 3.05) is 20.2 Å². The van der Waals surface area contributed by atoms with E-state index in [4.69, 9.17) is 4.74 Å². The first-order valence-corrected chi connectivity index (χ1v) is 5.70. The smallest absolute Gasteiger partial charge is 0.142 e. The molecule has 1 fully saturated rings. The molecule has 1 heterocycles. The first kappa shape index (κ1) is 11.4. The summed E-state index contributed by atoms with van der Waals surface area (Å²) >= 11 is 0. The number of halogens is 1. The van der Waals surface area contributed by atoms with Gasteiger partial charge < -0.3 is 10.1 Å². The van der Waals surface area contributed by atoms with Gasteiger partial charge in [0.1, 0.15) is 11.4 Å². The monoisotopic (exact) mass is 223 g/mol. The van der Waals surface area contributed by atoms with Crippen LogP contribution in [0.25, 0.3) is 0 Å². The summed E-state index contributed by atoms with van der Waals surface area (Å²) in [6.07, 6.45) is 1.04. The van der Waals surface area contributed by atoms with Crippen LogP contribution in [0.2, 0.25) is 0 Å². The number of aryl methyl sites for hydroxylation is 1. The summed E-state index contributed by atoms with van der Waals surface area (Å²) in [4.78, 5) is 0. The number of nitrogens with one attached hydrogen (secondary N) is 1. The van der Waals surface area contributed by atoms with Crippen LogP contribution in [0, 0.1) is 6.92 Å². The lowest BCUT2D eigenvalue weighted by Gasteiger charge is -2.31. The van der Waals surface area contributed by atoms with Crippen LogP contribution in [0.3, 0.4) is 0 Å². The lowest BCUT2D eigenvalue weighted by atomic mass is 9.85. The summed E-state index contributed by atoms with van der Waals surface area (Å²) in [5.74, 6) is 0.662. The lowest BCUT2D eigenvalue weighted by Crippen LogP contribution is -2.37. The zero-order valence-electron chi connectivity index (χ0n) is 9.85. The first-order valence-electron chi connectivity index (χ1n) is 5.70. The normalized spacial score (nSPS) is 19.4. The molecular weight excluding hydrogens is 205 g/mol. The van der Waals surface area contributed by atoms with Crippen LogP contribution in [0.15, 0.2) is 18.2 Å². The van der Waals surface area contributed by atoms with Crippen molar-refractivity contribution in [3.05, 3.63) is 29.3 Å². The fourth-order valence-corrected chi connectivity index (χ4v) is 2.26. The predicted octanol–water partition coefficient (Wildman–Crippen LogP) is 2.55. The molecule has 0 aromatic heterocycles. The number of hydrogen-bond donors (Lipinski definition) is 1. The Morgan fingerprint density at radius 2 is 2.00 bits per heavy atom. The molecule has 2 nitrogen and oxygen atoms in total. The van der Waals surface area contributed by atoms with Gasteiger partial charge >= 0.3 is 0 Å². The summed E-state index contributed by atoms with van der Waals surface area (Å²) in [6.45, 7) is 3.44. The Bertz CT molecular complexity index is 372. The van der Waals surface area contributed by atoms with E-state index in [1.54, 1.807) is 7.11 Å². The highest BCUT2D eigenvalue weighted by Gasteiger charge is 2.36. The zero-order valence-corrected chi connectivity index (χ0v) is 9.85. The van der Waals surface area contributed by atoms with Crippen molar-refractivity contribution >= 4 is 0 Å². The van der Waals surface area contributed by atoms with E-state index in [9.17, 15) is 4.39 Å². The maximum Gasteiger partial charge on any atom is 0.142 e. The number of rotatable bonds is 2. The molecule has 16 heavy (non-hydrogen) atoms. The Kier molecular flexibility index (Phi) is 3.15. The van der Waals surface area contributed by atoms with Crippen molar-refractivity contribution in [1.29, 1.82) is 0 Å². The quantitative estimate of drug-likeness (QED) is 0.832. The van der Waals surface area contributed by atoms with Crippen LogP contribution in [0.5, 0.6) is 5.75 Å². The minimum Gasteiger partial charge on any atom is -0.496 e. The predicted molar refractivity (Wildman–Crippen MR) is 62.6 cm³/mol. The van der Waals surface area contributed by atoms with E-state index in [0.717, 1.165) is 18.7 Å². The standard InChI is InChI=1S/C13H18FNO/c1-10-3-4-12(16-2)11(9-10)13(14)5-7-15-8-6-13/h3-4,9,15H,5-8H2,1-2H3. The third-order valence-corrected chi connectivity index (χ3v) is 3.23. The maximum atomic E-state index is 14.8. The van der Waals surface area contributed by atoms with E-state index < -0.39 is 5.67 Å². The Morgan fingerprint density at radius 3 is 2.62 bits per heavy atom. The first-order chi connectivity index (χ1) is 7.65. The summed E-state index contributed by atoms with van der Waals surface area (Å²) < 4.78 is 20.1. The van der Waals surface area contributed by atoms with Crippen LogP contribution in [0.1, 0.15) is 24.0 Å². The van der Waals surface area contributed by atoms with Crippen LogP contribution in [-0.4, -0.2) is 20.2 Å². The van der Waals surface area contributed by atoms with E-state index in [0.29, 0.717) is 24.2 Å². The lowest BCUT2D eigenvalue weighted by molar-refractivity contribution is 0.111. The number of ether oxygens (including phenoxy) is 1. The molecule has 0 unspecified atom stereocenters. The van der Waals surface area contributed by atoms with Gasteiger partial charge in [0.15, 0.2) is 0 Å². The van der Waals surface area contributed by atoms with Crippen molar-refractivity contribution in [1.82, 2.24) is 5.32 Å². The minimum atomic E-state index is -1.23. The topological polar surface area (TPSA) is 21.3 Å². The molecule has 1 N–H and O–H groups in total. The Labute approximate surface area is 95.8 Å². The fraction of sp³-hybridized carbons (Fsp3) is 0.538. The van der Waals surface area contributed by atoms with E-state index in [1.807, 2.05) is 25.1 Å². The second kappa shape index (κ2) is 4.42. The summed E-state index contributed by atoms with van der Waals surface area (Å²) in [7, 11) is 1.60. The van der Waals surface area contributed by atoms with E-state index >= 15 is 0 Å². The van der Waals surface area contributed by atoms with Gasteiger partial charge in [-0.2, -0.15) is 0 Å². The molecule has 88 valence electrons. The van der Waals surface area contributed by atoms with Gasteiger partial charge in [0.2, 0.25) is 0 Å². The molecule has 1 aromatic rings. The van der Waals surface area contributed by atoms with Gasteiger partial charge in [-0.1, -0.05) is 11.6 Å². The number of benzene rings is 1. The molecule has 0 atom stereocenters. The molecular formula is C13H18FNO. The van der Waals surface area contributed by atoms with Crippen molar-refractivity contribution in [3.8, 4) is 5.75 Å². The van der Waals surface area contributed by atoms with Gasteiger partial charge in [-0.05, 0) is 45.0 Å². The largest absolute Gasteiger partial charge is 0.496 e. The van der Waals surface area contributed by atoms with Gasteiger partial charge in [0.25, 0.3) is 0 Å². The molecule has 0 amide bonds. The van der Waals surface area contributed by atoms with E-state index in [-0.39, 0.29) is 0 Å². The van der Waals surface area contributed by atoms with Gasteiger partial charge in [-0.25, -0.2) is 4.39 Å². The van der Waals surface area contributed by atoms with E-state index in [1.165, 1.54) is 0 Å². The van der Waals surface area contributed by atoms with Gasteiger partial charge in [0, 0.05) is 5.56 Å². The SMILES string of the molecule is COc1ccc(C)cc1C1(F)CCNCC1. The third kappa shape index (κ3) is 2.05.